The number of hydrogen-bond acceptors (Lipinski definition) is 5. The van der Waals surface area contributed by atoms with Gasteiger partial charge < -0.3 is 24.4 Å². The van der Waals surface area contributed by atoms with Crippen molar-refractivity contribution in [2.45, 2.75) is 56.3 Å². The first-order valence-corrected chi connectivity index (χ1v) is 4.87. The van der Waals surface area contributed by atoms with Gasteiger partial charge in [-0.3, -0.25) is 0 Å². The highest BCUT2D eigenvalue weighted by Crippen LogP contribution is 2.46. The van der Waals surface area contributed by atoms with Crippen molar-refractivity contribution in [1.82, 2.24) is 0 Å². The van der Waals surface area contributed by atoms with E-state index in [9.17, 15) is 10.2 Å². The number of aliphatic hydroxyl groups excluding tert-OH is 2. The Bertz CT molecular complexity index is 266. The van der Waals surface area contributed by atoms with E-state index < -0.39 is 24.1 Å². The maximum atomic E-state index is 9.74. The molecule has 0 aromatic heterocycles. The Hall–Kier alpha value is -0.200. The van der Waals surface area contributed by atoms with Gasteiger partial charge in [0.1, 0.15) is 36.6 Å². The monoisotopic (exact) mass is 202 g/mol. The van der Waals surface area contributed by atoms with E-state index >= 15 is 0 Å². The maximum Gasteiger partial charge on any atom is 0.164 e. The molecule has 2 heterocycles. The number of epoxide rings is 1. The predicted molar refractivity (Wildman–Crippen MR) is 44.5 cm³/mol. The number of fused-ring (bicyclic) bond motifs is 3. The Morgan fingerprint density at radius 1 is 0.857 bits per heavy atom. The topological polar surface area (TPSA) is 71.5 Å². The molecular formula is C9H14O5. The van der Waals surface area contributed by atoms with Crippen molar-refractivity contribution in [3.63, 3.8) is 0 Å². The van der Waals surface area contributed by atoms with Gasteiger partial charge in [0.05, 0.1) is 0 Å². The predicted octanol–water partition coefficient (Wildman–Crippen LogP) is -0.991. The highest BCUT2D eigenvalue weighted by Gasteiger charge is 2.65. The fourth-order valence-corrected chi connectivity index (χ4v) is 2.40. The van der Waals surface area contributed by atoms with Gasteiger partial charge in [-0.15, -0.1) is 0 Å². The lowest BCUT2D eigenvalue weighted by Crippen LogP contribution is -2.52. The van der Waals surface area contributed by atoms with E-state index in [1.165, 1.54) is 0 Å². The standard InChI is InChI=1S/C9H14O5/c1-9(2)13-6-4(11)3(10)5-7(12-5)8(6)14-9/h3-8,10-11H,1-2H3/t3-,4+,5-,6-,7-,8-/m0/s1. The minimum absolute atomic E-state index is 0.111. The highest BCUT2D eigenvalue weighted by atomic mass is 16.8. The summed E-state index contributed by atoms with van der Waals surface area (Å²) in [4.78, 5) is 0. The number of ether oxygens (including phenoxy) is 3. The van der Waals surface area contributed by atoms with Crippen molar-refractivity contribution < 1.29 is 24.4 Å². The van der Waals surface area contributed by atoms with Crippen LogP contribution in [0.15, 0.2) is 0 Å². The molecule has 3 rings (SSSR count). The Balaban J connectivity index is 1.87. The molecule has 3 fully saturated rings. The third-order valence-electron chi connectivity index (χ3n) is 3.07. The first-order valence-electron chi connectivity index (χ1n) is 4.87. The van der Waals surface area contributed by atoms with Crippen molar-refractivity contribution in [3.8, 4) is 0 Å². The summed E-state index contributed by atoms with van der Waals surface area (Å²) >= 11 is 0. The van der Waals surface area contributed by atoms with Crippen LogP contribution in [0, 0.1) is 0 Å². The largest absolute Gasteiger partial charge is 0.387 e. The van der Waals surface area contributed by atoms with Crippen LogP contribution in [-0.2, 0) is 14.2 Å². The molecule has 0 bridgehead atoms. The molecule has 1 aliphatic carbocycles. The Morgan fingerprint density at radius 3 is 2.14 bits per heavy atom. The number of rotatable bonds is 0. The van der Waals surface area contributed by atoms with Gasteiger partial charge in [0.2, 0.25) is 0 Å². The minimum Gasteiger partial charge on any atom is -0.387 e. The molecule has 2 aliphatic heterocycles. The van der Waals surface area contributed by atoms with Crippen LogP contribution < -0.4 is 0 Å². The van der Waals surface area contributed by atoms with Crippen molar-refractivity contribution >= 4 is 0 Å². The van der Waals surface area contributed by atoms with E-state index in [0.717, 1.165) is 0 Å². The third kappa shape index (κ3) is 1.07. The summed E-state index contributed by atoms with van der Waals surface area (Å²) in [5, 5.41) is 19.3. The summed E-state index contributed by atoms with van der Waals surface area (Å²) in [5.41, 5.74) is 0. The molecule has 2 N–H and O–H groups in total. The molecular weight excluding hydrogens is 188 g/mol. The average molecular weight is 202 g/mol. The quantitative estimate of drug-likeness (QED) is 0.493. The second-order valence-corrected chi connectivity index (χ2v) is 4.61. The molecule has 5 heteroatoms. The molecule has 80 valence electrons. The second kappa shape index (κ2) is 2.48. The smallest absolute Gasteiger partial charge is 0.164 e. The molecule has 2 saturated heterocycles. The zero-order chi connectivity index (χ0) is 10.1. The Labute approximate surface area is 81.6 Å². The van der Waals surface area contributed by atoms with E-state index in [1.807, 2.05) is 0 Å². The highest BCUT2D eigenvalue weighted by molar-refractivity contribution is 5.11. The summed E-state index contributed by atoms with van der Waals surface area (Å²) in [6, 6.07) is 0. The van der Waals surface area contributed by atoms with Crippen LogP contribution in [0.5, 0.6) is 0 Å². The van der Waals surface area contributed by atoms with Crippen LogP contribution in [0.2, 0.25) is 0 Å². The molecule has 5 nitrogen and oxygen atoms in total. The third-order valence-corrected chi connectivity index (χ3v) is 3.07. The molecule has 0 aromatic carbocycles. The van der Waals surface area contributed by atoms with Crippen molar-refractivity contribution in [2.75, 3.05) is 0 Å². The summed E-state index contributed by atoms with van der Waals surface area (Å²) in [5.74, 6) is -0.698. The molecule has 1 saturated carbocycles. The van der Waals surface area contributed by atoms with Crippen LogP contribution in [0.1, 0.15) is 13.8 Å². The van der Waals surface area contributed by atoms with Crippen LogP contribution in [0.4, 0.5) is 0 Å². The van der Waals surface area contributed by atoms with Gasteiger partial charge in [-0.05, 0) is 13.8 Å². The van der Waals surface area contributed by atoms with Gasteiger partial charge in [-0.25, -0.2) is 0 Å². The maximum absolute atomic E-state index is 9.74. The van der Waals surface area contributed by atoms with E-state index in [0.29, 0.717) is 0 Å². The summed E-state index contributed by atoms with van der Waals surface area (Å²) in [6.45, 7) is 3.59. The fourth-order valence-electron chi connectivity index (χ4n) is 2.40. The van der Waals surface area contributed by atoms with Crippen molar-refractivity contribution in [2.24, 2.45) is 0 Å². The molecule has 3 aliphatic rings. The first kappa shape index (κ1) is 9.06. The fraction of sp³-hybridized carbons (Fsp3) is 1.00. The molecule has 6 atom stereocenters. The van der Waals surface area contributed by atoms with Crippen LogP contribution in [0.25, 0.3) is 0 Å². The van der Waals surface area contributed by atoms with E-state index in [1.54, 1.807) is 13.8 Å². The lowest BCUT2D eigenvalue weighted by molar-refractivity contribution is -0.162. The van der Waals surface area contributed by atoms with Crippen molar-refractivity contribution in [3.05, 3.63) is 0 Å². The van der Waals surface area contributed by atoms with E-state index in [2.05, 4.69) is 0 Å². The molecule has 0 radical (unpaired) electrons. The molecule has 0 spiro atoms. The van der Waals surface area contributed by atoms with Gasteiger partial charge in [-0.1, -0.05) is 0 Å². The van der Waals surface area contributed by atoms with Gasteiger partial charge in [-0.2, -0.15) is 0 Å². The molecule has 0 aromatic rings. The van der Waals surface area contributed by atoms with E-state index in [-0.39, 0.29) is 18.3 Å². The average Bonchev–Trinajstić information content (AvgIpc) is 2.81. The van der Waals surface area contributed by atoms with Crippen LogP contribution >= 0.6 is 0 Å². The van der Waals surface area contributed by atoms with Crippen LogP contribution in [-0.4, -0.2) is 52.6 Å². The van der Waals surface area contributed by atoms with Crippen molar-refractivity contribution in [1.29, 1.82) is 0 Å². The number of hydrogen-bond donors (Lipinski definition) is 2. The molecule has 0 unspecified atom stereocenters. The van der Waals surface area contributed by atoms with Gasteiger partial charge in [0, 0.05) is 0 Å². The summed E-state index contributed by atoms with van der Waals surface area (Å²) < 4.78 is 16.4. The van der Waals surface area contributed by atoms with Gasteiger partial charge >= 0.3 is 0 Å². The SMILES string of the molecule is CC1(C)O[C@@H]2[C@H]3O[C@H]3[C@@H](O)[C@@H](O)[C@@H]2O1. The van der Waals surface area contributed by atoms with Gasteiger partial charge in [0.25, 0.3) is 0 Å². The normalized spacial score (nSPS) is 59.1. The first-order chi connectivity index (χ1) is 6.49. The van der Waals surface area contributed by atoms with Crippen LogP contribution in [0.3, 0.4) is 0 Å². The summed E-state index contributed by atoms with van der Waals surface area (Å²) in [7, 11) is 0. The zero-order valence-electron chi connectivity index (χ0n) is 8.08. The lowest BCUT2D eigenvalue weighted by Gasteiger charge is -2.28. The van der Waals surface area contributed by atoms with Gasteiger partial charge in [0.15, 0.2) is 5.79 Å². The molecule has 14 heavy (non-hydrogen) atoms. The minimum atomic E-state index is -0.912. The summed E-state index contributed by atoms with van der Waals surface area (Å²) in [6.07, 6.45) is -2.86. The Morgan fingerprint density at radius 2 is 1.43 bits per heavy atom. The zero-order valence-corrected chi connectivity index (χ0v) is 8.08. The lowest BCUT2D eigenvalue weighted by atomic mass is 9.90. The Kier molecular flexibility index (Phi) is 1.61. The molecule has 0 amide bonds. The number of aliphatic hydroxyl groups is 2. The second-order valence-electron chi connectivity index (χ2n) is 4.61. The van der Waals surface area contributed by atoms with E-state index in [4.69, 9.17) is 14.2 Å².